The van der Waals surface area contributed by atoms with Gasteiger partial charge in [0.1, 0.15) is 0 Å². The molecule has 1 N–H and O–H groups in total. The van der Waals surface area contributed by atoms with E-state index in [9.17, 15) is 0 Å². The number of allylic oxidation sites excluding steroid dienone is 2. The molecule has 4 nitrogen and oxygen atoms in total. The molecule has 1 fully saturated rings. The third kappa shape index (κ3) is 1.79. The van der Waals surface area contributed by atoms with Crippen LogP contribution in [0.4, 0.5) is 0 Å². The van der Waals surface area contributed by atoms with Gasteiger partial charge in [-0.15, -0.1) is 0 Å². The lowest BCUT2D eigenvalue weighted by Gasteiger charge is -2.02. The third-order valence-corrected chi connectivity index (χ3v) is 3.15. The minimum Gasteiger partial charge on any atom is -0.302 e. The van der Waals surface area contributed by atoms with Crippen LogP contribution in [0.3, 0.4) is 0 Å². The quantitative estimate of drug-likeness (QED) is 0.793. The Hall–Kier alpha value is -1.45. The van der Waals surface area contributed by atoms with E-state index < -0.39 is 0 Å². The minimum atomic E-state index is 0.466. The molecule has 1 aliphatic rings. The van der Waals surface area contributed by atoms with E-state index in [2.05, 4.69) is 17.0 Å². The Morgan fingerprint density at radius 2 is 2.12 bits per heavy atom. The van der Waals surface area contributed by atoms with Gasteiger partial charge >= 0.3 is 0 Å². The Balaban J connectivity index is 2.42. The number of hydrogen-bond donors (Lipinski definition) is 1. The summed E-state index contributed by atoms with van der Waals surface area (Å²) in [4.78, 5) is 4.48. The fraction of sp³-hybridized carbons (Fsp3) is 0.583. The van der Waals surface area contributed by atoms with E-state index >= 15 is 0 Å². The van der Waals surface area contributed by atoms with Crippen LogP contribution in [0.15, 0.2) is 6.08 Å². The van der Waals surface area contributed by atoms with Gasteiger partial charge in [0.2, 0.25) is 0 Å². The van der Waals surface area contributed by atoms with Crippen molar-refractivity contribution in [2.75, 3.05) is 0 Å². The number of aromatic nitrogens is 3. The summed E-state index contributed by atoms with van der Waals surface area (Å²) in [6.45, 7) is 7.93. The van der Waals surface area contributed by atoms with E-state index in [0.717, 1.165) is 11.5 Å². The molecule has 0 spiro atoms. The van der Waals surface area contributed by atoms with E-state index in [1.54, 1.807) is 11.6 Å². The first-order chi connectivity index (χ1) is 7.54. The average molecular weight is 218 g/mol. The van der Waals surface area contributed by atoms with Crippen molar-refractivity contribution in [2.45, 2.75) is 40.0 Å². The lowest BCUT2D eigenvalue weighted by atomic mass is 10.3. The van der Waals surface area contributed by atoms with Gasteiger partial charge in [0, 0.05) is 11.6 Å². The fourth-order valence-corrected chi connectivity index (χ4v) is 1.78. The van der Waals surface area contributed by atoms with Gasteiger partial charge in [-0.3, -0.25) is 0 Å². The van der Waals surface area contributed by atoms with E-state index in [-0.39, 0.29) is 0 Å². The maximum Gasteiger partial charge on any atom is 0.176 e. The summed E-state index contributed by atoms with van der Waals surface area (Å²) >= 11 is 0. The number of nitrogens with one attached hydrogen (secondary N) is 1. The lowest BCUT2D eigenvalue weighted by molar-refractivity contribution is 0.808. The maximum absolute atomic E-state index is 7.72. The molecule has 1 aromatic heterocycles. The van der Waals surface area contributed by atoms with Gasteiger partial charge in [0.25, 0.3) is 0 Å². The molecule has 2 unspecified atom stereocenters. The van der Waals surface area contributed by atoms with Crippen LogP contribution >= 0.6 is 0 Å². The zero-order chi connectivity index (χ0) is 11.9. The molecule has 0 aromatic carbocycles. The lowest BCUT2D eigenvalue weighted by Crippen LogP contribution is -2.07. The molecule has 0 aliphatic heterocycles. The van der Waals surface area contributed by atoms with Crippen molar-refractivity contribution in [3.63, 3.8) is 0 Å². The number of rotatable bonds is 3. The topological polar surface area (TPSA) is 54.6 Å². The van der Waals surface area contributed by atoms with Crippen LogP contribution in [-0.2, 0) is 0 Å². The highest BCUT2D eigenvalue weighted by molar-refractivity contribution is 5.93. The Morgan fingerprint density at radius 3 is 2.56 bits per heavy atom. The molecule has 2 atom stereocenters. The zero-order valence-corrected chi connectivity index (χ0v) is 10.3. The van der Waals surface area contributed by atoms with Crippen LogP contribution in [0.5, 0.6) is 0 Å². The van der Waals surface area contributed by atoms with Gasteiger partial charge in [0.15, 0.2) is 11.6 Å². The summed E-state index contributed by atoms with van der Waals surface area (Å²) in [6, 6.07) is 0. The van der Waals surface area contributed by atoms with Crippen LogP contribution in [0, 0.1) is 11.3 Å². The van der Waals surface area contributed by atoms with Crippen molar-refractivity contribution in [1.29, 1.82) is 5.41 Å². The second-order valence-electron chi connectivity index (χ2n) is 4.58. The standard InChI is InChI=1S/C12H18N4/c1-5-8(3)16-12(9(4)13)14-11(15-16)10-6-7(10)2/h5,7,10,13H,6H2,1-4H3/b8-5-,13-9?. The van der Waals surface area contributed by atoms with Crippen molar-refractivity contribution >= 4 is 11.4 Å². The minimum absolute atomic E-state index is 0.466. The van der Waals surface area contributed by atoms with Crippen LogP contribution in [0.25, 0.3) is 5.70 Å². The fourth-order valence-electron chi connectivity index (χ4n) is 1.78. The van der Waals surface area contributed by atoms with Gasteiger partial charge in [-0.2, -0.15) is 5.10 Å². The monoisotopic (exact) mass is 218 g/mol. The average Bonchev–Trinajstić information content (AvgIpc) is 2.82. The smallest absolute Gasteiger partial charge is 0.176 e. The number of hydrogen-bond acceptors (Lipinski definition) is 3. The van der Waals surface area contributed by atoms with E-state index in [4.69, 9.17) is 5.41 Å². The molecule has 1 aromatic rings. The van der Waals surface area contributed by atoms with Crippen molar-refractivity contribution < 1.29 is 0 Å². The highest BCUT2D eigenvalue weighted by atomic mass is 15.4. The number of nitrogens with zero attached hydrogens (tertiary/aromatic N) is 3. The van der Waals surface area contributed by atoms with Crippen LogP contribution in [0.2, 0.25) is 0 Å². The molecular formula is C12H18N4. The summed E-state index contributed by atoms with van der Waals surface area (Å²) in [6.07, 6.45) is 3.16. The molecule has 0 amide bonds. The van der Waals surface area contributed by atoms with E-state index in [1.165, 1.54) is 6.42 Å². The Labute approximate surface area is 95.9 Å². The van der Waals surface area contributed by atoms with Crippen molar-refractivity contribution in [3.8, 4) is 0 Å². The van der Waals surface area contributed by atoms with Gasteiger partial charge in [-0.25, -0.2) is 9.67 Å². The summed E-state index contributed by atoms with van der Waals surface area (Å²) in [5, 5.41) is 12.2. The first-order valence-corrected chi connectivity index (χ1v) is 5.70. The summed E-state index contributed by atoms with van der Waals surface area (Å²) in [5.41, 5.74) is 1.49. The molecule has 1 heterocycles. The second kappa shape index (κ2) is 3.85. The van der Waals surface area contributed by atoms with Crippen LogP contribution < -0.4 is 0 Å². The van der Waals surface area contributed by atoms with Crippen molar-refractivity contribution in [3.05, 3.63) is 17.7 Å². The Bertz CT molecular complexity index is 456. The summed E-state index contributed by atoms with van der Waals surface area (Å²) in [7, 11) is 0. The largest absolute Gasteiger partial charge is 0.302 e. The molecule has 0 bridgehead atoms. The summed E-state index contributed by atoms with van der Waals surface area (Å²) < 4.78 is 1.78. The van der Waals surface area contributed by atoms with Crippen LogP contribution in [-0.4, -0.2) is 20.5 Å². The van der Waals surface area contributed by atoms with Crippen molar-refractivity contribution in [2.24, 2.45) is 5.92 Å². The Morgan fingerprint density at radius 1 is 1.50 bits per heavy atom. The van der Waals surface area contributed by atoms with E-state index in [1.807, 2.05) is 19.9 Å². The maximum atomic E-state index is 7.72. The first kappa shape index (κ1) is 11.0. The molecule has 1 aliphatic carbocycles. The zero-order valence-electron chi connectivity index (χ0n) is 10.3. The van der Waals surface area contributed by atoms with Crippen LogP contribution in [0.1, 0.15) is 51.7 Å². The molecule has 86 valence electrons. The van der Waals surface area contributed by atoms with Gasteiger partial charge in [-0.05, 0) is 33.1 Å². The highest BCUT2D eigenvalue weighted by Gasteiger charge is 2.38. The van der Waals surface area contributed by atoms with Gasteiger partial charge < -0.3 is 5.41 Å². The summed E-state index contributed by atoms with van der Waals surface area (Å²) in [5.74, 6) is 2.77. The SMILES string of the molecule is C/C=C(/C)n1nc(C2CC2C)nc1C(C)=N. The second-order valence-corrected chi connectivity index (χ2v) is 4.58. The Kier molecular flexibility index (Phi) is 2.66. The molecule has 0 radical (unpaired) electrons. The molecule has 2 rings (SSSR count). The highest BCUT2D eigenvalue weighted by Crippen LogP contribution is 2.45. The predicted molar refractivity (Wildman–Crippen MR) is 64.7 cm³/mol. The molecule has 4 heteroatoms. The van der Waals surface area contributed by atoms with Gasteiger partial charge in [0.05, 0.1) is 5.71 Å². The first-order valence-electron chi connectivity index (χ1n) is 5.70. The molecule has 16 heavy (non-hydrogen) atoms. The van der Waals surface area contributed by atoms with Crippen molar-refractivity contribution in [1.82, 2.24) is 14.8 Å². The molecular weight excluding hydrogens is 200 g/mol. The molecule has 1 saturated carbocycles. The predicted octanol–water partition coefficient (Wildman–Crippen LogP) is 2.67. The normalized spacial score (nSPS) is 24.6. The van der Waals surface area contributed by atoms with E-state index in [0.29, 0.717) is 23.4 Å². The molecule has 0 saturated heterocycles. The van der Waals surface area contributed by atoms with Gasteiger partial charge in [-0.1, -0.05) is 13.0 Å². The third-order valence-electron chi connectivity index (χ3n) is 3.15.